The number of hydrogen-bond acceptors (Lipinski definition) is 6. The van der Waals surface area contributed by atoms with Crippen LogP contribution in [0.5, 0.6) is 0 Å². The zero-order valence-electron chi connectivity index (χ0n) is 18.4. The summed E-state index contributed by atoms with van der Waals surface area (Å²) >= 11 is 1.28. The van der Waals surface area contributed by atoms with E-state index in [2.05, 4.69) is 31.1 Å². The van der Waals surface area contributed by atoms with E-state index in [1.165, 1.54) is 11.9 Å². The number of nitrogens with one attached hydrogen (secondary N) is 3. The normalized spacial score (nSPS) is 13.0. The van der Waals surface area contributed by atoms with Crippen molar-refractivity contribution in [2.45, 2.75) is 11.4 Å². The molecule has 1 aliphatic rings. The molecular formula is C27H19N5O2S. The highest BCUT2D eigenvalue weighted by atomic mass is 32.2. The number of aromatic amines is 1. The lowest BCUT2D eigenvalue weighted by Crippen LogP contribution is -2.22. The molecule has 0 spiro atoms. The highest BCUT2D eigenvalue weighted by Crippen LogP contribution is 2.32. The SMILES string of the molecule is O=C1NCc2cncc(c2)-c2ccnc3ccc(cc23)-c2c[nH]c(=O)c(c2)NSc2cccc1c2. The Kier molecular flexibility index (Phi) is 5.27. The third-order valence-electron chi connectivity index (χ3n) is 5.91. The molecule has 3 aromatic heterocycles. The average Bonchev–Trinajstić information content (AvgIpc) is 2.90. The van der Waals surface area contributed by atoms with E-state index in [1.807, 2.05) is 48.7 Å². The minimum atomic E-state index is -0.226. The number of pyridine rings is 3. The maximum atomic E-state index is 12.8. The quantitative estimate of drug-likeness (QED) is 0.271. The van der Waals surface area contributed by atoms with Crippen molar-refractivity contribution in [3.63, 3.8) is 0 Å². The molecule has 0 unspecified atom stereocenters. The van der Waals surface area contributed by atoms with Crippen molar-refractivity contribution in [1.82, 2.24) is 20.3 Å². The third kappa shape index (κ3) is 4.15. The van der Waals surface area contributed by atoms with Crippen molar-refractivity contribution >= 4 is 34.4 Å². The maximum Gasteiger partial charge on any atom is 0.272 e. The van der Waals surface area contributed by atoms with E-state index in [1.54, 1.807) is 30.7 Å². The van der Waals surface area contributed by atoms with E-state index in [0.29, 0.717) is 17.8 Å². The van der Waals surface area contributed by atoms with Crippen molar-refractivity contribution < 1.29 is 4.79 Å². The van der Waals surface area contributed by atoms with Gasteiger partial charge in [0.25, 0.3) is 11.5 Å². The fourth-order valence-electron chi connectivity index (χ4n) is 4.13. The maximum absolute atomic E-state index is 12.8. The smallest absolute Gasteiger partial charge is 0.272 e. The Bertz CT molecular complexity index is 1660. The lowest BCUT2D eigenvalue weighted by atomic mass is 9.98. The van der Waals surface area contributed by atoms with E-state index in [4.69, 9.17) is 0 Å². The van der Waals surface area contributed by atoms with Gasteiger partial charge in [0.15, 0.2) is 0 Å². The van der Waals surface area contributed by atoms with E-state index in [9.17, 15) is 9.59 Å². The van der Waals surface area contributed by atoms with Gasteiger partial charge in [-0.05, 0) is 77.2 Å². The summed E-state index contributed by atoms with van der Waals surface area (Å²) < 4.78 is 3.13. The van der Waals surface area contributed by atoms with Gasteiger partial charge in [0.1, 0.15) is 5.69 Å². The zero-order chi connectivity index (χ0) is 23.8. The molecule has 1 amide bonds. The molecule has 0 radical (unpaired) electrons. The number of hydrogen-bond donors (Lipinski definition) is 3. The van der Waals surface area contributed by atoms with Crippen LogP contribution in [-0.2, 0) is 6.54 Å². The predicted octanol–water partition coefficient (Wildman–Crippen LogP) is 5.01. The second-order valence-corrected chi connectivity index (χ2v) is 9.10. The molecule has 35 heavy (non-hydrogen) atoms. The summed E-state index contributed by atoms with van der Waals surface area (Å²) in [5.41, 5.74) is 6.24. The lowest BCUT2D eigenvalue weighted by Gasteiger charge is -2.12. The highest BCUT2D eigenvalue weighted by Gasteiger charge is 2.12. The van der Waals surface area contributed by atoms with Crippen LogP contribution in [0.4, 0.5) is 5.69 Å². The summed E-state index contributed by atoms with van der Waals surface area (Å²) in [5.74, 6) is -0.183. The summed E-state index contributed by atoms with van der Waals surface area (Å²) in [6.45, 7) is 0.351. The van der Waals surface area contributed by atoms with Gasteiger partial charge in [0.2, 0.25) is 0 Å². The van der Waals surface area contributed by atoms with Gasteiger partial charge < -0.3 is 15.0 Å². The van der Waals surface area contributed by atoms with Gasteiger partial charge >= 0.3 is 0 Å². The van der Waals surface area contributed by atoms with Crippen LogP contribution in [0.3, 0.4) is 0 Å². The number of carbonyl (C=O) groups excluding carboxylic acids is 1. The number of aromatic nitrogens is 3. The van der Waals surface area contributed by atoms with E-state index in [0.717, 1.165) is 43.6 Å². The van der Waals surface area contributed by atoms with Crippen molar-refractivity contribution in [2.75, 3.05) is 4.72 Å². The van der Waals surface area contributed by atoms with Crippen molar-refractivity contribution in [2.24, 2.45) is 0 Å². The summed E-state index contributed by atoms with van der Waals surface area (Å²) in [7, 11) is 0. The Morgan fingerprint density at radius 2 is 1.80 bits per heavy atom. The molecule has 0 aliphatic carbocycles. The number of nitrogens with zero attached hydrogens (tertiary/aromatic N) is 2. The van der Waals surface area contributed by atoms with Crippen LogP contribution in [0.25, 0.3) is 33.2 Å². The van der Waals surface area contributed by atoms with Crippen LogP contribution in [0.2, 0.25) is 0 Å². The molecule has 0 saturated heterocycles. The summed E-state index contributed by atoms with van der Waals surface area (Å²) in [4.78, 5) is 37.9. The summed E-state index contributed by atoms with van der Waals surface area (Å²) in [5, 5.41) is 3.94. The number of amides is 1. The molecule has 8 heteroatoms. The number of fused-ring (bicyclic) bond motifs is 9. The molecule has 7 nitrogen and oxygen atoms in total. The molecular weight excluding hydrogens is 458 g/mol. The molecule has 0 fully saturated rings. The first-order valence-corrected chi connectivity index (χ1v) is 11.8. The molecule has 1 aliphatic heterocycles. The first-order chi connectivity index (χ1) is 17.1. The van der Waals surface area contributed by atoms with Gasteiger partial charge in [-0.25, -0.2) is 0 Å². The number of H-pyrrole nitrogens is 1. The Hall–Kier alpha value is -4.43. The number of rotatable bonds is 0. The molecule has 3 N–H and O–H groups in total. The number of anilines is 1. The second-order valence-electron chi connectivity index (χ2n) is 8.22. The zero-order valence-corrected chi connectivity index (χ0v) is 19.2. The van der Waals surface area contributed by atoms with Crippen LogP contribution in [0.1, 0.15) is 15.9 Å². The van der Waals surface area contributed by atoms with Gasteiger partial charge in [0, 0.05) is 58.3 Å². The van der Waals surface area contributed by atoms with Crippen molar-refractivity contribution in [3.8, 4) is 22.3 Å². The third-order valence-corrected chi connectivity index (χ3v) is 6.72. The highest BCUT2D eigenvalue weighted by molar-refractivity contribution is 8.00. The van der Waals surface area contributed by atoms with Crippen molar-refractivity contribution in [3.05, 3.63) is 107 Å². The fraction of sp³-hybridized carbons (Fsp3) is 0.0370. The topological polar surface area (TPSA) is 99.8 Å². The molecule has 0 atom stereocenters. The van der Waals surface area contributed by atoms with Gasteiger partial charge in [0.05, 0.1) is 5.52 Å². The Morgan fingerprint density at radius 1 is 0.857 bits per heavy atom. The van der Waals surface area contributed by atoms with E-state index in [-0.39, 0.29) is 11.5 Å². The van der Waals surface area contributed by atoms with Gasteiger partial charge in [-0.1, -0.05) is 12.1 Å². The Balaban J connectivity index is 1.54. The fourth-order valence-corrected chi connectivity index (χ4v) is 4.85. The molecule has 2 aromatic carbocycles. The molecule has 170 valence electrons. The van der Waals surface area contributed by atoms with E-state index < -0.39 is 0 Å². The molecule has 0 saturated carbocycles. The minimum absolute atomic E-state index is 0.183. The first-order valence-electron chi connectivity index (χ1n) is 11.0. The lowest BCUT2D eigenvalue weighted by molar-refractivity contribution is 0.0950. The largest absolute Gasteiger partial charge is 0.348 e. The first kappa shape index (κ1) is 21.1. The summed E-state index contributed by atoms with van der Waals surface area (Å²) in [6, 6.07) is 19.1. The monoisotopic (exact) mass is 477 g/mol. The Labute approximate surface area is 204 Å². The predicted molar refractivity (Wildman–Crippen MR) is 138 cm³/mol. The van der Waals surface area contributed by atoms with Crippen LogP contribution in [-0.4, -0.2) is 20.9 Å². The van der Waals surface area contributed by atoms with Gasteiger partial charge in [-0.3, -0.25) is 19.6 Å². The Morgan fingerprint density at radius 3 is 2.74 bits per heavy atom. The number of benzene rings is 2. The number of carbonyl (C=O) groups is 1. The van der Waals surface area contributed by atoms with Gasteiger partial charge in [-0.15, -0.1) is 0 Å². The van der Waals surface area contributed by atoms with Crippen LogP contribution in [0, 0.1) is 0 Å². The standard InChI is InChI=1S/C27H19N5O2S/c33-26-18-2-1-3-21(9-18)35-32-25-11-19(15-31-27(25)34)17-4-5-24-23(10-17)22(6-7-29-24)20-8-16(13-30-26)12-28-14-20/h1-12,14-15,32H,13H2,(H,30,33)(H,31,34). The molecule has 8 bridgehead atoms. The molecule has 6 rings (SSSR count). The molecule has 4 heterocycles. The van der Waals surface area contributed by atoms with Crippen LogP contribution >= 0.6 is 11.9 Å². The summed E-state index contributed by atoms with van der Waals surface area (Å²) in [6.07, 6.45) is 7.06. The minimum Gasteiger partial charge on any atom is -0.348 e. The second kappa shape index (κ2) is 8.73. The van der Waals surface area contributed by atoms with Crippen LogP contribution in [0.15, 0.2) is 95.1 Å². The van der Waals surface area contributed by atoms with Crippen molar-refractivity contribution in [1.29, 1.82) is 0 Å². The molecule has 5 aromatic rings. The van der Waals surface area contributed by atoms with Crippen LogP contribution < -0.4 is 15.6 Å². The van der Waals surface area contributed by atoms with E-state index >= 15 is 0 Å². The van der Waals surface area contributed by atoms with Gasteiger partial charge in [-0.2, -0.15) is 0 Å². The average molecular weight is 478 g/mol.